The summed E-state index contributed by atoms with van der Waals surface area (Å²) in [4.78, 5) is 11.3. The zero-order valence-corrected chi connectivity index (χ0v) is 15.7. The van der Waals surface area contributed by atoms with Crippen molar-refractivity contribution in [1.29, 1.82) is 0 Å². The average molecular weight is 356 g/mol. The number of hydrogen-bond acceptors (Lipinski definition) is 4. The second-order valence-corrected chi connectivity index (χ2v) is 6.28. The Labute approximate surface area is 155 Å². The third-order valence-corrected chi connectivity index (χ3v) is 4.27. The zero-order chi connectivity index (χ0) is 18.9. The number of nitrogens with one attached hydrogen (secondary N) is 1. The van der Waals surface area contributed by atoms with Gasteiger partial charge in [-0.25, -0.2) is 0 Å². The molecule has 0 aromatic heterocycles. The number of primary amides is 1. The van der Waals surface area contributed by atoms with Crippen LogP contribution in [0.2, 0.25) is 0 Å². The van der Waals surface area contributed by atoms with Crippen molar-refractivity contribution in [3.05, 3.63) is 59.2 Å². The quantitative estimate of drug-likeness (QED) is 0.635. The fourth-order valence-electron chi connectivity index (χ4n) is 2.62. The van der Waals surface area contributed by atoms with Crippen molar-refractivity contribution < 1.29 is 14.3 Å². The average Bonchev–Trinajstić information content (AvgIpc) is 2.66. The van der Waals surface area contributed by atoms with E-state index in [0.717, 1.165) is 35.5 Å². The fraction of sp³-hybridized carbons (Fsp3) is 0.381. The number of hydrogen-bond donors (Lipinski definition) is 2. The van der Waals surface area contributed by atoms with Crippen molar-refractivity contribution in [2.24, 2.45) is 5.73 Å². The summed E-state index contributed by atoms with van der Waals surface area (Å²) in [7, 11) is 1.65. The maximum atomic E-state index is 11.3. The highest BCUT2D eigenvalue weighted by molar-refractivity contribution is 5.92. The second kappa shape index (κ2) is 9.82. The summed E-state index contributed by atoms with van der Waals surface area (Å²) in [5.41, 5.74) is 7.98. The van der Waals surface area contributed by atoms with E-state index in [1.807, 2.05) is 36.4 Å². The molecule has 0 saturated carbocycles. The van der Waals surface area contributed by atoms with Gasteiger partial charge in [0.1, 0.15) is 0 Å². The standard InChI is InChI=1S/C21H28N2O3/c1-4-5-11-26-19-10-9-17(13-20(19)25-3)15(2)23-14-16-7-6-8-18(12-16)21(22)24/h6-10,12-13,15,23H,4-5,11,14H2,1-3H3,(H2,22,24). The Kier molecular flexibility index (Phi) is 7.48. The Balaban J connectivity index is 2.01. The number of methoxy groups -OCH3 is 1. The number of nitrogens with two attached hydrogens (primary N) is 1. The Bertz CT molecular complexity index is 731. The van der Waals surface area contributed by atoms with Gasteiger partial charge in [0.25, 0.3) is 0 Å². The van der Waals surface area contributed by atoms with Crippen molar-refractivity contribution >= 4 is 5.91 Å². The lowest BCUT2D eigenvalue weighted by molar-refractivity contribution is 0.1000. The van der Waals surface area contributed by atoms with Crippen molar-refractivity contribution in [1.82, 2.24) is 5.32 Å². The molecule has 5 nitrogen and oxygen atoms in total. The van der Waals surface area contributed by atoms with Crippen LogP contribution >= 0.6 is 0 Å². The molecule has 0 fully saturated rings. The van der Waals surface area contributed by atoms with Crippen LogP contribution in [0.25, 0.3) is 0 Å². The van der Waals surface area contributed by atoms with Gasteiger partial charge in [-0.05, 0) is 48.7 Å². The number of amides is 1. The minimum Gasteiger partial charge on any atom is -0.493 e. The minimum atomic E-state index is -0.414. The first-order valence-corrected chi connectivity index (χ1v) is 8.98. The van der Waals surface area contributed by atoms with E-state index in [1.165, 1.54) is 0 Å². The van der Waals surface area contributed by atoms with E-state index >= 15 is 0 Å². The summed E-state index contributed by atoms with van der Waals surface area (Å²) < 4.78 is 11.2. The first kappa shape index (κ1) is 19.8. The van der Waals surface area contributed by atoms with E-state index < -0.39 is 5.91 Å². The second-order valence-electron chi connectivity index (χ2n) is 6.28. The van der Waals surface area contributed by atoms with Gasteiger partial charge in [0.15, 0.2) is 11.5 Å². The molecule has 2 aromatic rings. The number of carbonyl (C=O) groups excluding carboxylic acids is 1. The van der Waals surface area contributed by atoms with Crippen molar-refractivity contribution in [3.63, 3.8) is 0 Å². The Morgan fingerprint density at radius 2 is 2.00 bits per heavy atom. The molecule has 0 aliphatic carbocycles. The van der Waals surface area contributed by atoms with Crippen LogP contribution in [0.3, 0.4) is 0 Å². The molecule has 0 aliphatic rings. The maximum absolute atomic E-state index is 11.3. The third kappa shape index (κ3) is 5.49. The molecule has 2 aromatic carbocycles. The van der Waals surface area contributed by atoms with E-state index in [0.29, 0.717) is 18.7 Å². The molecule has 1 unspecified atom stereocenters. The van der Waals surface area contributed by atoms with Crippen LogP contribution in [0.4, 0.5) is 0 Å². The van der Waals surface area contributed by atoms with Crippen LogP contribution in [0.15, 0.2) is 42.5 Å². The van der Waals surface area contributed by atoms with Crippen LogP contribution < -0.4 is 20.5 Å². The molecule has 0 aliphatic heterocycles. The highest BCUT2D eigenvalue weighted by Crippen LogP contribution is 2.30. The number of ether oxygens (including phenoxy) is 2. The van der Waals surface area contributed by atoms with E-state index in [-0.39, 0.29) is 6.04 Å². The van der Waals surface area contributed by atoms with Crippen molar-refractivity contribution in [2.45, 2.75) is 39.3 Å². The molecule has 0 saturated heterocycles. The van der Waals surface area contributed by atoms with Gasteiger partial charge in [-0.15, -0.1) is 0 Å². The monoisotopic (exact) mass is 356 g/mol. The molecule has 26 heavy (non-hydrogen) atoms. The van der Waals surface area contributed by atoms with Gasteiger partial charge in [-0.3, -0.25) is 4.79 Å². The molecule has 0 spiro atoms. The van der Waals surface area contributed by atoms with E-state index in [2.05, 4.69) is 19.2 Å². The molecular weight excluding hydrogens is 328 g/mol. The summed E-state index contributed by atoms with van der Waals surface area (Å²) in [6, 6.07) is 13.5. The van der Waals surface area contributed by atoms with E-state index in [9.17, 15) is 4.79 Å². The molecule has 0 radical (unpaired) electrons. The maximum Gasteiger partial charge on any atom is 0.248 e. The lowest BCUT2D eigenvalue weighted by Crippen LogP contribution is -2.19. The largest absolute Gasteiger partial charge is 0.493 e. The van der Waals surface area contributed by atoms with Crippen LogP contribution in [0.1, 0.15) is 54.2 Å². The van der Waals surface area contributed by atoms with Crippen LogP contribution in [0.5, 0.6) is 11.5 Å². The summed E-state index contributed by atoms with van der Waals surface area (Å²) >= 11 is 0. The predicted molar refractivity (Wildman–Crippen MR) is 104 cm³/mol. The molecule has 1 atom stereocenters. The Morgan fingerprint density at radius 3 is 2.69 bits per heavy atom. The Hall–Kier alpha value is -2.53. The first-order chi connectivity index (χ1) is 12.5. The highest BCUT2D eigenvalue weighted by Gasteiger charge is 2.11. The molecular formula is C21H28N2O3. The number of carbonyl (C=O) groups is 1. The van der Waals surface area contributed by atoms with Gasteiger partial charge >= 0.3 is 0 Å². The third-order valence-electron chi connectivity index (χ3n) is 4.27. The highest BCUT2D eigenvalue weighted by atomic mass is 16.5. The summed E-state index contributed by atoms with van der Waals surface area (Å²) in [5.74, 6) is 1.09. The molecule has 5 heteroatoms. The lowest BCUT2D eigenvalue weighted by Gasteiger charge is -2.17. The number of benzene rings is 2. The SMILES string of the molecule is CCCCOc1ccc(C(C)NCc2cccc(C(N)=O)c2)cc1OC. The zero-order valence-electron chi connectivity index (χ0n) is 15.7. The van der Waals surface area contributed by atoms with Crippen molar-refractivity contribution in [2.75, 3.05) is 13.7 Å². The number of unbranched alkanes of at least 4 members (excludes halogenated alkanes) is 1. The fourth-order valence-corrected chi connectivity index (χ4v) is 2.62. The van der Waals surface area contributed by atoms with Gasteiger partial charge in [-0.1, -0.05) is 31.5 Å². The van der Waals surface area contributed by atoms with Gasteiger partial charge in [-0.2, -0.15) is 0 Å². The minimum absolute atomic E-state index is 0.117. The van der Waals surface area contributed by atoms with Crippen LogP contribution in [-0.2, 0) is 6.54 Å². The normalized spacial score (nSPS) is 11.8. The molecule has 140 valence electrons. The summed E-state index contributed by atoms with van der Waals surface area (Å²) in [5, 5.41) is 3.46. The first-order valence-electron chi connectivity index (χ1n) is 8.98. The predicted octanol–water partition coefficient (Wildman–Crippen LogP) is 3.82. The summed E-state index contributed by atoms with van der Waals surface area (Å²) in [6.07, 6.45) is 2.12. The summed E-state index contributed by atoms with van der Waals surface area (Å²) in [6.45, 7) is 5.55. The smallest absolute Gasteiger partial charge is 0.248 e. The van der Waals surface area contributed by atoms with Gasteiger partial charge < -0.3 is 20.5 Å². The lowest BCUT2D eigenvalue weighted by atomic mass is 10.1. The number of rotatable bonds is 10. The Morgan fingerprint density at radius 1 is 1.19 bits per heavy atom. The van der Waals surface area contributed by atoms with Gasteiger partial charge in [0.05, 0.1) is 13.7 Å². The molecule has 2 rings (SSSR count). The van der Waals surface area contributed by atoms with E-state index in [1.54, 1.807) is 13.2 Å². The molecule has 0 bridgehead atoms. The molecule has 3 N–H and O–H groups in total. The molecule has 0 heterocycles. The van der Waals surface area contributed by atoms with Gasteiger partial charge in [0.2, 0.25) is 5.91 Å². The van der Waals surface area contributed by atoms with Gasteiger partial charge in [0, 0.05) is 18.2 Å². The van der Waals surface area contributed by atoms with Crippen molar-refractivity contribution in [3.8, 4) is 11.5 Å². The van der Waals surface area contributed by atoms with E-state index in [4.69, 9.17) is 15.2 Å². The van der Waals surface area contributed by atoms with Crippen LogP contribution in [-0.4, -0.2) is 19.6 Å². The topological polar surface area (TPSA) is 73.6 Å². The van der Waals surface area contributed by atoms with Crippen LogP contribution in [0, 0.1) is 0 Å². The molecule has 1 amide bonds.